The van der Waals surface area contributed by atoms with E-state index in [9.17, 15) is 26.4 Å². The molecule has 0 saturated carbocycles. The number of aromatic nitrogens is 1. The Morgan fingerprint density at radius 3 is 2.57 bits per heavy atom. The van der Waals surface area contributed by atoms with Crippen LogP contribution in [0.1, 0.15) is 26.8 Å². The Hall–Kier alpha value is -2.92. The lowest BCUT2D eigenvalue weighted by atomic mass is 10.1. The van der Waals surface area contributed by atoms with Gasteiger partial charge in [-0.1, -0.05) is 35.9 Å². The fourth-order valence-corrected chi connectivity index (χ4v) is 10.8. The molecular formula is C28H28ClN5O6S4. The highest BCUT2D eigenvalue weighted by molar-refractivity contribution is 7.91. The van der Waals surface area contributed by atoms with E-state index in [0.717, 1.165) is 33.8 Å². The molecule has 6 rings (SSSR count). The van der Waals surface area contributed by atoms with E-state index >= 15 is 0 Å². The van der Waals surface area contributed by atoms with E-state index in [2.05, 4.69) is 14.6 Å². The standard InChI is InChI=1S/C28H28ClN5O6S4/c1-32-10-9-22-24(17-32)42-27(30-22)28(36)34-12-11-33(44(39,40)26-13-18-7-8-19(29)14-23(18)41-26)16-20(34)15-25(35)31-43(37,38)21-5-3-2-4-6-21/h2-8,13-14,20H,9-12,15-17H2,1H3,(H,31,35). The van der Waals surface area contributed by atoms with Crippen LogP contribution < -0.4 is 4.72 Å². The van der Waals surface area contributed by atoms with Crippen molar-refractivity contribution in [1.82, 2.24) is 23.8 Å². The van der Waals surface area contributed by atoms with Crippen LogP contribution in [0.25, 0.3) is 10.1 Å². The molecule has 4 aromatic rings. The number of sulfonamides is 2. The maximum Gasteiger partial charge on any atom is 0.283 e. The van der Waals surface area contributed by atoms with E-state index in [1.165, 1.54) is 44.8 Å². The second-order valence-corrected chi connectivity index (χ2v) is 17.1. The van der Waals surface area contributed by atoms with Gasteiger partial charge in [-0.2, -0.15) is 4.31 Å². The Morgan fingerprint density at radius 1 is 1.02 bits per heavy atom. The highest BCUT2D eigenvalue weighted by Crippen LogP contribution is 2.34. The molecule has 44 heavy (non-hydrogen) atoms. The zero-order valence-electron chi connectivity index (χ0n) is 23.5. The van der Waals surface area contributed by atoms with E-state index in [1.54, 1.807) is 30.3 Å². The molecule has 2 aliphatic rings. The van der Waals surface area contributed by atoms with Gasteiger partial charge in [-0.3, -0.25) is 9.59 Å². The number of hydrogen-bond donors (Lipinski definition) is 1. The molecule has 0 radical (unpaired) electrons. The van der Waals surface area contributed by atoms with Crippen molar-refractivity contribution in [1.29, 1.82) is 0 Å². The number of piperazine rings is 1. The largest absolute Gasteiger partial charge is 0.330 e. The Morgan fingerprint density at radius 2 is 1.80 bits per heavy atom. The van der Waals surface area contributed by atoms with Crippen LogP contribution in [0.4, 0.5) is 0 Å². The van der Waals surface area contributed by atoms with E-state index in [4.69, 9.17) is 11.6 Å². The number of amides is 2. The van der Waals surface area contributed by atoms with Crippen LogP contribution in [-0.4, -0.2) is 87.0 Å². The van der Waals surface area contributed by atoms with Crippen molar-refractivity contribution in [2.45, 2.75) is 34.5 Å². The van der Waals surface area contributed by atoms with Gasteiger partial charge in [0.25, 0.3) is 26.0 Å². The zero-order valence-corrected chi connectivity index (χ0v) is 27.5. The molecule has 2 amide bonds. The molecule has 1 unspecified atom stereocenters. The molecule has 2 aliphatic heterocycles. The van der Waals surface area contributed by atoms with E-state index in [1.807, 2.05) is 7.05 Å². The summed E-state index contributed by atoms with van der Waals surface area (Å²) in [4.78, 5) is 36.0. The average molecular weight is 694 g/mol. The van der Waals surface area contributed by atoms with Crippen LogP contribution in [0.15, 0.2) is 63.7 Å². The van der Waals surface area contributed by atoms with Crippen LogP contribution in [0, 0.1) is 0 Å². The molecule has 1 N–H and O–H groups in total. The van der Waals surface area contributed by atoms with Crippen LogP contribution in [0.5, 0.6) is 0 Å². The molecule has 232 valence electrons. The summed E-state index contributed by atoms with van der Waals surface area (Å²) in [5.74, 6) is -1.27. The molecule has 4 heterocycles. The van der Waals surface area contributed by atoms with Gasteiger partial charge < -0.3 is 9.80 Å². The molecule has 1 fully saturated rings. The highest BCUT2D eigenvalue weighted by Gasteiger charge is 2.40. The number of nitrogens with one attached hydrogen (secondary N) is 1. The normalized spacial score (nSPS) is 18.3. The van der Waals surface area contributed by atoms with Crippen molar-refractivity contribution in [3.63, 3.8) is 0 Å². The third kappa shape index (κ3) is 6.27. The lowest BCUT2D eigenvalue weighted by Gasteiger charge is -2.40. The fourth-order valence-electron chi connectivity index (χ4n) is 5.32. The maximum absolute atomic E-state index is 13.8. The van der Waals surface area contributed by atoms with Gasteiger partial charge in [0.2, 0.25) is 5.91 Å². The van der Waals surface area contributed by atoms with Gasteiger partial charge in [0.15, 0.2) is 5.01 Å². The van der Waals surface area contributed by atoms with Crippen LogP contribution in [-0.2, 0) is 37.8 Å². The third-order valence-corrected chi connectivity index (χ3v) is 13.7. The van der Waals surface area contributed by atoms with Gasteiger partial charge in [0.05, 0.1) is 16.6 Å². The number of halogens is 1. The summed E-state index contributed by atoms with van der Waals surface area (Å²) in [7, 11) is -6.18. The molecular weight excluding hydrogens is 666 g/mol. The van der Waals surface area contributed by atoms with Crippen LogP contribution in [0.3, 0.4) is 0 Å². The molecule has 0 spiro atoms. The Kier molecular flexibility index (Phi) is 8.56. The van der Waals surface area contributed by atoms with Gasteiger partial charge in [-0.15, -0.1) is 22.7 Å². The summed E-state index contributed by atoms with van der Waals surface area (Å²) >= 11 is 8.48. The summed E-state index contributed by atoms with van der Waals surface area (Å²) in [5.41, 5.74) is 0.866. The number of thiophene rings is 1. The monoisotopic (exact) mass is 693 g/mol. The molecule has 2 aromatic heterocycles. The Labute approximate surface area is 268 Å². The van der Waals surface area contributed by atoms with E-state index < -0.39 is 44.3 Å². The predicted octanol–water partition coefficient (Wildman–Crippen LogP) is 3.41. The second-order valence-electron chi connectivity index (χ2n) is 10.7. The highest BCUT2D eigenvalue weighted by atomic mass is 35.5. The molecule has 0 aliphatic carbocycles. The SMILES string of the molecule is CN1CCc2nc(C(=O)N3CCN(S(=O)(=O)c4cc5ccc(Cl)cc5s4)CC3CC(=O)NS(=O)(=O)c3ccccc3)sc2C1. The van der Waals surface area contributed by atoms with Gasteiger partial charge in [0, 0.05) is 60.2 Å². The average Bonchev–Trinajstić information content (AvgIpc) is 3.61. The smallest absolute Gasteiger partial charge is 0.283 e. The van der Waals surface area contributed by atoms with Crippen molar-refractivity contribution < 1.29 is 26.4 Å². The van der Waals surface area contributed by atoms with Gasteiger partial charge in [-0.25, -0.2) is 26.5 Å². The number of hydrogen-bond acceptors (Lipinski definition) is 10. The van der Waals surface area contributed by atoms with Crippen LogP contribution in [0.2, 0.25) is 5.02 Å². The minimum atomic E-state index is -4.17. The Balaban J connectivity index is 1.27. The number of carbonyl (C=O) groups is 2. The molecule has 2 aromatic carbocycles. The van der Waals surface area contributed by atoms with Crippen LogP contribution >= 0.6 is 34.3 Å². The Bertz CT molecular complexity index is 1960. The van der Waals surface area contributed by atoms with Gasteiger partial charge in [-0.05, 0) is 42.8 Å². The van der Waals surface area contributed by atoms with Gasteiger partial charge in [0.1, 0.15) is 4.21 Å². The molecule has 11 nitrogen and oxygen atoms in total. The first-order valence-corrected chi connectivity index (χ1v) is 18.6. The molecule has 1 atom stereocenters. The summed E-state index contributed by atoms with van der Waals surface area (Å²) in [5, 5.41) is 1.49. The predicted molar refractivity (Wildman–Crippen MR) is 169 cm³/mol. The number of nitrogens with zero attached hydrogens (tertiary/aromatic N) is 4. The fraction of sp³-hybridized carbons (Fsp3) is 0.321. The third-order valence-electron chi connectivity index (χ3n) is 7.59. The zero-order chi connectivity index (χ0) is 31.2. The van der Waals surface area contributed by atoms with Crippen molar-refractivity contribution in [2.75, 3.05) is 33.2 Å². The quantitative estimate of drug-likeness (QED) is 0.311. The number of rotatable bonds is 7. The minimum absolute atomic E-state index is 0.00230. The van der Waals surface area contributed by atoms with Gasteiger partial charge >= 0.3 is 0 Å². The van der Waals surface area contributed by atoms with E-state index in [0.29, 0.717) is 22.7 Å². The minimum Gasteiger partial charge on any atom is -0.330 e. The molecule has 1 saturated heterocycles. The summed E-state index contributed by atoms with van der Waals surface area (Å²) in [6, 6.07) is 13.2. The van der Waals surface area contributed by atoms with Crippen molar-refractivity contribution in [2.24, 2.45) is 0 Å². The molecule has 16 heteroatoms. The number of carbonyl (C=O) groups excluding carboxylic acids is 2. The van der Waals surface area contributed by atoms with Crippen molar-refractivity contribution >= 4 is 76.2 Å². The first-order valence-electron chi connectivity index (χ1n) is 13.7. The maximum atomic E-state index is 13.8. The topological polar surface area (TPSA) is 137 Å². The first kappa shape index (κ1) is 31.1. The number of fused-ring (bicyclic) bond motifs is 2. The van der Waals surface area contributed by atoms with E-state index in [-0.39, 0.29) is 33.7 Å². The van der Waals surface area contributed by atoms with Crippen molar-refractivity contribution in [3.8, 4) is 0 Å². The lowest BCUT2D eigenvalue weighted by Crippen LogP contribution is -2.57. The first-order chi connectivity index (χ1) is 20.9. The summed E-state index contributed by atoms with van der Waals surface area (Å²) < 4.78 is 57.4. The number of thiazole rings is 1. The number of likely N-dealkylation sites (N-methyl/N-ethyl adjacent to an activating group) is 1. The summed E-state index contributed by atoms with van der Waals surface area (Å²) in [6.45, 7) is 1.30. The summed E-state index contributed by atoms with van der Waals surface area (Å²) in [6.07, 6.45) is 0.283. The lowest BCUT2D eigenvalue weighted by molar-refractivity contribution is -0.120. The second kappa shape index (κ2) is 12.1. The van der Waals surface area contributed by atoms with Crippen molar-refractivity contribution in [3.05, 3.63) is 75.2 Å². The number of benzene rings is 2. The molecule has 0 bridgehead atoms.